The molecular formula is C11H22NO8+. The molecule has 0 radical (unpaired) electrons. The predicted octanol–water partition coefficient (Wildman–Crippen LogP) is -1.57. The first-order valence-electron chi connectivity index (χ1n) is 5.72. The molecule has 0 fully saturated rings. The molecule has 5 N–H and O–H groups in total. The summed E-state index contributed by atoms with van der Waals surface area (Å²) in [4.78, 5) is 29.6. The van der Waals surface area contributed by atoms with Gasteiger partial charge >= 0.3 is 17.9 Å². The third-order valence-corrected chi connectivity index (χ3v) is 2.02. The Hall–Kier alpha value is -1.71. The first-order valence-corrected chi connectivity index (χ1v) is 5.72. The fourth-order valence-corrected chi connectivity index (χ4v) is 0.975. The van der Waals surface area contributed by atoms with Crippen LogP contribution in [0.1, 0.15) is 12.8 Å². The van der Waals surface area contributed by atoms with Gasteiger partial charge in [-0.25, -0.2) is 9.59 Å². The quantitative estimate of drug-likeness (QED) is 0.353. The van der Waals surface area contributed by atoms with Gasteiger partial charge in [0.1, 0.15) is 0 Å². The average Bonchev–Trinajstić information content (AvgIpc) is 2.25. The Labute approximate surface area is 116 Å². The van der Waals surface area contributed by atoms with Gasteiger partial charge in [-0.1, -0.05) is 0 Å². The van der Waals surface area contributed by atoms with Gasteiger partial charge in [0.2, 0.25) is 0 Å². The topological polar surface area (TPSA) is 152 Å². The molecule has 2 unspecified atom stereocenters. The molecule has 0 aromatic heterocycles. The fraction of sp³-hybridized carbons (Fsp3) is 0.727. The molecule has 0 aliphatic carbocycles. The standard InChI is InChI=1S/C7H15NO2.C4H6O6/c1-8(2,3)6-4-5-7(9)10;5-1(3(7)8)2(6)4(9)10/h4-6H2,1-3H3;1-2,5-6H,(H,7,8)(H,9,10)/p+1. The van der Waals surface area contributed by atoms with E-state index in [1.165, 1.54) is 0 Å². The van der Waals surface area contributed by atoms with Crippen LogP contribution < -0.4 is 0 Å². The smallest absolute Gasteiger partial charge is 0.335 e. The molecule has 0 saturated carbocycles. The van der Waals surface area contributed by atoms with Crippen molar-refractivity contribution in [3.63, 3.8) is 0 Å². The van der Waals surface area contributed by atoms with Gasteiger partial charge in [0.05, 0.1) is 34.1 Å². The number of carboxylic acid groups (broad SMARTS) is 3. The van der Waals surface area contributed by atoms with E-state index >= 15 is 0 Å². The molecule has 0 amide bonds. The molecule has 9 heteroatoms. The van der Waals surface area contributed by atoms with Gasteiger partial charge in [0.15, 0.2) is 12.2 Å². The number of carbonyl (C=O) groups is 3. The molecule has 2 atom stereocenters. The third kappa shape index (κ3) is 12.7. The van der Waals surface area contributed by atoms with Crippen LogP contribution in [0.25, 0.3) is 0 Å². The van der Waals surface area contributed by atoms with Gasteiger partial charge in [0.25, 0.3) is 0 Å². The van der Waals surface area contributed by atoms with Crippen LogP contribution in [0.2, 0.25) is 0 Å². The van der Waals surface area contributed by atoms with E-state index in [0.717, 1.165) is 17.4 Å². The normalized spacial score (nSPS) is 13.7. The van der Waals surface area contributed by atoms with E-state index in [1.807, 2.05) is 0 Å². The molecule has 0 rings (SSSR count). The Morgan fingerprint density at radius 1 is 0.900 bits per heavy atom. The molecule has 0 aliphatic rings. The maximum Gasteiger partial charge on any atom is 0.335 e. The maximum absolute atomic E-state index is 10.1. The van der Waals surface area contributed by atoms with Crippen molar-refractivity contribution >= 4 is 17.9 Å². The lowest BCUT2D eigenvalue weighted by Gasteiger charge is -2.23. The van der Waals surface area contributed by atoms with Gasteiger partial charge < -0.3 is 30.0 Å². The number of aliphatic hydroxyl groups is 2. The van der Waals surface area contributed by atoms with Gasteiger partial charge in [0, 0.05) is 6.42 Å². The number of rotatable bonds is 7. The number of aliphatic carboxylic acids is 3. The van der Waals surface area contributed by atoms with E-state index in [9.17, 15) is 14.4 Å². The summed E-state index contributed by atoms with van der Waals surface area (Å²) in [7, 11) is 6.17. The van der Waals surface area contributed by atoms with Crippen molar-refractivity contribution in [2.75, 3.05) is 27.7 Å². The Morgan fingerprint density at radius 3 is 1.45 bits per heavy atom. The monoisotopic (exact) mass is 296 g/mol. The number of quaternary nitrogens is 1. The van der Waals surface area contributed by atoms with E-state index < -0.39 is 30.1 Å². The minimum Gasteiger partial charge on any atom is -0.481 e. The number of nitrogens with zero attached hydrogens (tertiary/aromatic N) is 1. The lowest BCUT2D eigenvalue weighted by atomic mass is 10.2. The van der Waals surface area contributed by atoms with Gasteiger partial charge in [-0.05, 0) is 0 Å². The SMILES string of the molecule is C[N+](C)(C)CCCC(=O)O.O=C(O)C(O)C(O)C(=O)O. The van der Waals surface area contributed by atoms with Crippen molar-refractivity contribution in [1.82, 2.24) is 0 Å². The van der Waals surface area contributed by atoms with Gasteiger partial charge in [-0.2, -0.15) is 0 Å². The number of hydrogen-bond donors (Lipinski definition) is 5. The summed E-state index contributed by atoms with van der Waals surface area (Å²) in [6, 6.07) is 0. The second kappa shape index (κ2) is 9.23. The highest BCUT2D eigenvalue weighted by Gasteiger charge is 2.29. The molecule has 0 aliphatic heterocycles. The van der Waals surface area contributed by atoms with Crippen LogP contribution in [0.5, 0.6) is 0 Å². The Morgan fingerprint density at radius 2 is 1.25 bits per heavy atom. The highest BCUT2D eigenvalue weighted by Crippen LogP contribution is 1.96. The van der Waals surface area contributed by atoms with Crippen molar-refractivity contribution in [1.29, 1.82) is 0 Å². The first kappa shape index (κ1) is 20.6. The van der Waals surface area contributed by atoms with E-state index in [-0.39, 0.29) is 6.42 Å². The first-order chi connectivity index (χ1) is 8.88. The van der Waals surface area contributed by atoms with Crippen LogP contribution in [-0.2, 0) is 14.4 Å². The average molecular weight is 296 g/mol. The summed E-state index contributed by atoms with van der Waals surface area (Å²) in [5, 5.41) is 40.8. The molecule has 9 nitrogen and oxygen atoms in total. The summed E-state index contributed by atoms with van der Waals surface area (Å²) >= 11 is 0. The zero-order chi connectivity index (χ0) is 16.5. The summed E-state index contributed by atoms with van der Waals surface area (Å²) in [6.45, 7) is 0.923. The molecule has 0 heterocycles. The Bertz CT molecular complexity index is 318. The van der Waals surface area contributed by atoms with Crippen molar-refractivity contribution in [3.05, 3.63) is 0 Å². The molecule has 20 heavy (non-hydrogen) atoms. The van der Waals surface area contributed by atoms with Crippen LogP contribution in [0.4, 0.5) is 0 Å². The van der Waals surface area contributed by atoms with Crippen LogP contribution in [0.3, 0.4) is 0 Å². The molecular weight excluding hydrogens is 274 g/mol. The highest BCUT2D eigenvalue weighted by atomic mass is 16.4. The summed E-state index contributed by atoms with van der Waals surface area (Å²) < 4.78 is 0.841. The van der Waals surface area contributed by atoms with Crippen LogP contribution >= 0.6 is 0 Å². The fourth-order valence-electron chi connectivity index (χ4n) is 0.975. The molecule has 0 bridgehead atoms. The second-order valence-electron chi connectivity index (χ2n) is 5.08. The van der Waals surface area contributed by atoms with Crippen molar-refractivity contribution in [2.45, 2.75) is 25.0 Å². The minimum atomic E-state index is -2.27. The van der Waals surface area contributed by atoms with E-state index in [4.69, 9.17) is 25.5 Å². The summed E-state index contributed by atoms with van der Waals surface area (Å²) in [5.41, 5.74) is 0. The van der Waals surface area contributed by atoms with E-state index in [2.05, 4.69) is 21.1 Å². The molecule has 0 saturated heterocycles. The molecule has 0 aromatic carbocycles. The van der Waals surface area contributed by atoms with Crippen molar-refractivity contribution < 1.29 is 44.4 Å². The minimum absolute atomic E-state index is 0.287. The van der Waals surface area contributed by atoms with Gasteiger partial charge in [-0.15, -0.1) is 0 Å². The summed E-state index contributed by atoms with van der Waals surface area (Å²) in [5.74, 6) is -4.24. The van der Waals surface area contributed by atoms with Crippen molar-refractivity contribution in [2.24, 2.45) is 0 Å². The van der Waals surface area contributed by atoms with Crippen molar-refractivity contribution in [3.8, 4) is 0 Å². The third-order valence-electron chi connectivity index (χ3n) is 2.02. The second-order valence-corrected chi connectivity index (χ2v) is 5.08. The van der Waals surface area contributed by atoms with Crippen LogP contribution in [0.15, 0.2) is 0 Å². The molecule has 118 valence electrons. The number of hydrogen-bond acceptors (Lipinski definition) is 5. The van der Waals surface area contributed by atoms with Crippen LogP contribution in [-0.4, -0.2) is 87.8 Å². The van der Waals surface area contributed by atoms with Crippen LogP contribution in [0, 0.1) is 0 Å². The largest absolute Gasteiger partial charge is 0.481 e. The number of carboxylic acids is 3. The molecule has 0 aromatic rings. The zero-order valence-electron chi connectivity index (χ0n) is 11.7. The number of aliphatic hydroxyl groups excluding tert-OH is 2. The summed E-state index contributed by atoms with van der Waals surface area (Å²) in [6.07, 6.45) is -3.48. The maximum atomic E-state index is 10.1. The zero-order valence-corrected chi connectivity index (χ0v) is 11.7. The lowest BCUT2D eigenvalue weighted by Crippen LogP contribution is -2.39. The lowest BCUT2D eigenvalue weighted by molar-refractivity contribution is -0.870. The van der Waals surface area contributed by atoms with Gasteiger partial charge in [-0.3, -0.25) is 4.79 Å². The predicted molar refractivity (Wildman–Crippen MR) is 67.1 cm³/mol. The Kier molecular flexibility index (Phi) is 9.51. The van der Waals surface area contributed by atoms with E-state index in [1.54, 1.807) is 0 Å². The molecule has 0 spiro atoms. The van der Waals surface area contributed by atoms with E-state index in [0.29, 0.717) is 0 Å². The Balaban J connectivity index is 0. The highest BCUT2D eigenvalue weighted by molar-refractivity contribution is 5.83.